The Balaban J connectivity index is 1.84. The normalized spacial score (nSPS) is 12.8. The summed E-state index contributed by atoms with van der Waals surface area (Å²) in [6, 6.07) is 24.8. The number of carbonyl (C=O) groups excluding carboxylic acids is 8. The van der Waals surface area contributed by atoms with E-state index in [1.165, 1.54) is 67.5 Å². The lowest BCUT2D eigenvalue weighted by molar-refractivity contribution is -0.155. The van der Waals surface area contributed by atoms with Gasteiger partial charge in [0.2, 0.25) is 0 Å². The van der Waals surface area contributed by atoms with Crippen LogP contribution < -0.4 is 18.9 Å². The molecule has 5 rings (SSSR count). The molecule has 0 spiro atoms. The number of carbonyl (C=O) groups is 8. The van der Waals surface area contributed by atoms with E-state index >= 15 is 0 Å². The average Bonchev–Trinajstić information content (AvgIpc) is 1.57. The highest BCUT2D eigenvalue weighted by Gasteiger charge is 2.50. The zero-order valence-electron chi connectivity index (χ0n) is 51.4. The highest BCUT2D eigenvalue weighted by molar-refractivity contribution is 5.91. The zero-order chi connectivity index (χ0) is 65.9. The first-order valence-corrected chi connectivity index (χ1v) is 27.8. The Morgan fingerprint density at radius 1 is 0.315 bits per heavy atom. The standard InChI is InChI=1S/C69H74O20/c1-39(2)61(70)82-35-49(86-65(74)43(9)10)31-78-47-25-27-57(59(29-47)80-33-51(88-67(76)45(13)14)37-84-63(72)41(5)6)69(55-23-19-17-21-53(55)54-22-18-20-24-56(54)69)58-28-26-48(79-32-50(87-66(75)44(11)12)36-83-62(71)40(3)4)30-60(58)81-34-52(89-68(77)46(15)16)38-85-64(73)42(7)8/h17-30,49-52H,1,3,5,7,9,11,13,15,31-38H2,2,4,6,8,10,12,14,16H3. The van der Waals surface area contributed by atoms with E-state index in [0.717, 1.165) is 11.1 Å². The highest BCUT2D eigenvalue weighted by Crippen LogP contribution is 2.60. The van der Waals surface area contributed by atoms with Crippen LogP contribution in [0.4, 0.5) is 0 Å². The molecule has 4 unspecified atom stereocenters. The van der Waals surface area contributed by atoms with Crippen LogP contribution in [0.15, 0.2) is 182 Å². The Morgan fingerprint density at radius 2 is 0.562 bits per heavy atom. The Morgan fingerprint density at radius 3 is 0.820 bits per heavy atom. The molecule has 0 bridgehead atoms. The molecular formula is C69H74O20. The molecule has 4 aromatic rings. The van der Waals surface area contributed by atoms with Gasteiger partial charge in [-0.2, -0.15) is 0 Å². The van der Waals surface area contributed by atoms with Gasteiger partial charge in [0.05, 0.1) is 5.41 Å². The minimum absolute atomic E-state index is 0.0337. The maximum atomic E-state index is 13.2. The SMILES string of the molecule is C=C(C)C(=O)OCC(COc1ccc(C2(c3ccc(OCC(COC(=O)C(=C)C)OC(=O)C(=C)C)cc3OCC(COC(=O)C(=C)C)OC(=O)C(=C)C)c3ccccc3-c3ccccc32)c(OCC(COC(=O)C(=C)C)OC(=O)C(=C)C)c1)OC(=O)C(=C)C. The lowest BCUT2D eigenvalue weighted by Crippen LogP contribution is -2.34. The smallest absolute Gasteiger partial charge is 0.333 e. The van der Waals surface area contributed by atoms with Crippen molar-refractivity contribution in [3.05, 3.63) is 204 Å². The van der Waals surface area contributed by atoms with Crippen molar-refractivity contribution in [3.63, 3.8) is 0 Å². The number of ether oxygens (including phenoxy) is 12. The molecule has 89 heavy (non-hydrogen) atoms. The summed E-state index contributed by atoms with van der Waals surface area (Å²) in [6.45, 7) is 37.3. The quantitative estimate of drug-likeness (QED) is 0.0211. The molecule has 1 aliphatic carbocycles. The fourth-order valence-corrected chi connectivity index (χ4v) is 8.39. The molecule has 1 aliphatic rings. The van der Waals surface area contributed by atoms with Gasteiger partial charge in [-0.25, -0.2) is 38.4 Å². The minimum Gasteiger partial charge on any atom is -0.489 e. The van der Waals surface area contributed by atoms with Crippen molar-refractivity contribution < 1.29 is 95.2 Å². The maximum absolute atomic E-state index is 13.2. The van der Waals surface area contributed by atoms with Gasteiger partial charge in [-0.05, 0) is 89.8 Å². The molecule has 20 heteroatoms. The van der Waals surface area contributed by atoms with Crippen molar-refractivity contribution >= 4 is 47.8 Å². The van der Waals surface area contributed by atoms with Crippen LogP contribution in [0.1, 0.15) is 77.6 Å². The number of esters is 8. The molecule has 4 aromatic carbocycles. The monoisotopic (exact) mass is 1220 g/mol. The Bertz CT molecular complexity index is 3260. The van der Waals surface area contributed by atoms with Crippen molar-refractivity contribution in [1.82, 2.24) is 0 Å². The lowest BCUT2D eigenvalue weighted by Gasteiger charge is -2.36. The molecule has 0 saturated heterocycles. The predicted molar refractivity (Wildman–Crippen MR) is 328 cm³/mol. The van der Waals surface area contributed by atoms with E-state index in [4.69, 9.17) is 56.8 Å². The summed E-state index contributed by atoms with van der Waals surface area (Å²) in [6.07, 6.45) is -4.90. The van der Waals surface area contributed by atoms with Crippen molar-refractivity contribution in [3.8, 4) is 34.1 Å². The fourth-order valence-electron chi connectivity index (χ4n) is 8.39. The third-order valence-electron chi connectivity index (χ3n) is 12.9. The second-order valence-electron chi connectivity index (χ2n) is 21.1. The van der Waals surface area contributed by atoms with Gasteiger partial charge in [0.25, 0.3) is 0 Å². The summed E-state index contributed by atoms with van der Waals surface area (Å²) >= 11 is 0. The van der Waals surface area contributed by atoms with Crippen molar-refractivity contribution in [2.75, 3.05) is 52.9 Å². The van der Waals surface area contributed by atoms with Gasteiger partial charge in [-0.1, -0.05) is 113 Å². The molecule has 0 N–H and O–H groups in total. The fraction of sp³-hybridized carbons (Fsp3) is 0.304. The third-order valence-corrected chi connectivity index (χ3v) is 12.9. The molecule has 0 aromatic heterocycles. The molecule has 4 atom stereocenters. The Labute approximate surface area is 517 Å². The first-order valence-electron chi connectivity index (χ1n) is 27.8. The molecule has 0 radical (unpaired) electrons. The van der Waals surface area contributed by atoms with Gasteiger partial charge in [0, 0.05) is 67.8 Å². The van der Waals surface area contributed by atoms with Gasteiger partial charge in [-0.3, -0.25) is 0 Å². The number of rotatable bonds is 34. The number of fused-ring (bicyclic) bond motifs is 3. The van der Waals surface area contributed by atoms with Crippen molar-refractivity contribution in [2.24, 2.45) is 0 Å². The summed E-state index contributed by atoms with van der Waals surface area (Å²) in [5.41, 5.74) is 2.62. The first-order chi connectivity index (χ1) is 42.0. The molecule has 470 valence electrons. The van der Waals surface area contributed by atoms with E-state index in [1.54, 1.807) is 24.3 Å². The summed E-state index contributed by atoms with van der Waals surface area (Å²) in [5.74, 6) is -5.87. The molecule has 0 saturated carbocycles. The minimum atomic E-state index is -1.53. The van der Waals surface area contributed by atoms with Gasteiger partial charge >= 0.3 is 47.8 Å². The number of hydrogen-bond donors (Lipinski definition) is 0. The van der Waals surface area contributed by atoms with Gasteiger partial charge in [-0.15, -0.1) is 0 Å². The van der Waals surface area contributed by atoms with E-state index in [-0.39, 0.29) is 80.8 Å². The van der Waals surface area contributed by atoms with Crippen LogP contribution in [0.5, 0.6) is 23.0 Å². The van der Waals surface area contributed by atoms with Gasteiger partial charge in [0.15, 0.2) is 24.4 Å². The lowest BCUT2D eigenvalue weighted by atomic mass is 9.67. The van der Waals surface area contributed by atoms with Gasteiger partial charge in [0.1, 0.15) is 75.9 Å². The predicted octanol–water partition coefficient (Wildman–Crippen LogP) is 9.99. The summed E-state index contributed by atoms with van der Waals surface area (Å²) in [7, 11) is 0. The second kappa shape index (κ2) is 31.9. The van der Waals surface area contributed by atoms with Crippen LogP contribution in [0, 0.1) is 0 Å². The first kappa shape index (κ1) is 69.5. The topological polar surface area (TPSA) is 247 Å². The molecule has 0 fully saturated rings. The largest absolute Gasteiger partial charge is 0.489 e. The van der Waals surface area contributed by atoms with Gasteiger partial charge < -0.3 is 56.8 Å². The van der Waals surface area contributed by atoms with Crippen LogP contribution in [0.3, 0.4) is 0 Å². The van der Waals surface area contributed by atoms with Crippen molar-refractivity contribution in [2.45, 2.75) is 85.2 Å². The second-order valence-corrected chi connectivity index (χ2v) is 21.1. The van der Waals surface area contributed by atoms with E-state index < -0.39 is 117 Å². The Hall–Kier alpha value is -10.2. The third kappa shape index (κ3) is 18.9. The Kier molecular flexibility index (Phi) is 25.0. The maximum Gasteiger partial charge on any atom is 0.333 e. The number of hydrogen-bond acceptors (Lipinski definition) is 20. The average molecular weight is 1220 g/mol. The number of benzene rings is 4. The van der Waals surface area contributed by atoms with Crippen LogP contribution in [0.25, 0.3) is 11.1 Å². The highest BCUT2D eigenvalue weighted by atomic mass is 16.6. The van der Waals surface area contributed by atoms with Crippen LogP contribution in [-0.4, -0.2) is 125 Å². The van der Waals surface area contributed by atoms with E-state index in [0.29, 0.717) is 22.3 Å². The van der Waals surface area contributed by atoms with E-state index in [1.807, 2.05) is 48.5 Å². The van der Waals surface area contributed by atoms with Crippen LogP contribution >= 0.6 is 0 Å². The molecule has 0 aliphatic heterocycles. The molecule has 0 heterocycles. The zero-order valence-corrected chi connectivity index (χ0v) is 51.4. The van der Waals surface area contributed by atoms with Crippen LogP contribution in [-0.2, 0) is 81.7 Å². The van der Waals surface area contributed by atoms with E-state index in [9.17, 15) is 38.4 Å². The summed E-state index contributed by atoms with van der Waals surface area (Å²) < 4.78 is 70.9. The molecular weight excluding hydrogens is 1150 g/mol. The molecule has 20 nitrogen and oxygen atoms in total. The van der Waals surface area contributed by atoms with Crippen LogP contribution in [0.2, 0.25) is 0 Å². The van der Waals surface area contributed by atoms with E-state index in [2.05, 4.69) is 52.6 Å². The molecule has 0 amide bonds. The summed E-state index contributed by atoms with van der Waals surface area (Å²) in [5, 5.41) is 0. The van der Waals surface area contributed by atoms with Crippen molar-refractivity contribution in [1.29, 1.82) is 0 Å². The summed E-state index contributed by atoms with van der Waals surface area (Å²) in [4.78, 5) is 103.